The van der Waals surface area contributed by atoms with Gasteiger partial charge < -0.3 is 18.9 Å². The normalized spacial score (nSPS) is 45.6. The van der Waals surface area contributed by atoms with E-state index in [9.17, 15) is 19.2 Å². The number of allylic oxidation sites excluding steroid dienone is 1. The highest BCUT2D eigenvalue weighted by Gasteiger charge is 2.84. The van der Waals surface area contributed by atoms with Crippen LogP contribution in [0.1, 0.15) is 84.3 Å². The van der Waals surface area contributed by atoms with Crippen molar-refractivity contribution in [3.63, 3.8) is 0 Å². The van der Waals surface area contributed by atoms with E-state index in [4.69, 9.17) is 18.9 Å². The minimum Gasteiger partial charge on any atom is -0.459 e. The van der Waals surface area contributed by atoms with Gasteiger partial charge in [-0.3, -0.25) is 14.4 Å². The van der Waals surface area contributed by atoms with Crippen molar-refractivity contribution in [3.8, 4) is 0 Å². The van der Waals surface area contributed by atoms with Crippen molar-refractivity contribution in [1.82, 2.24) is 0 Å². The van der Waals surface area contributed by atoms with Crippen molar-refractivity contribution in [2.75, 3.05) is 0 Å². The second-order valence-electron chi connectivity index (χ2n) is 13.3. The summed E-state index contributed by atoms with van der Waals surface area (Å²) in [6, 6.07) is 0. The summed E-state index contributed by atoms with van der Waals surface area (Å²) in [5.41, 5.74) is -0.123. The first-order valence-electron chi connectivity index (χ1n) is 15.0. The molecule has 4 fully saturated rings. The van der Waals surface area contributed by atoms with Crippen LogP contribution in [0.2, 0.25) is 0 Å². The number of ketones is 1. The average Bonchev–Trinajstić information content (AvgIpc) is 3.59. The number of fused-ring (bicyclic) bond motifs is 4. The molecule has 1 spiro atoms. The van der Waals surface area contributed by atoms with Crippen molar-refractivity contribution in [2.24, 2.45) is 34.5 Å². The quantitative estimate of drug-likeness (QED) is 0.180. The van der Waals surface area contributed by atoms with Gasteiger partial charge in [-0.1, -0.05) is 12.5 Å². The number of rotatable bonds is 4. The molecule has 3 unspecified atom stereocenters. The van der Waals surface area contributed by atoms with Crippen molar-refractivity contribution >= 4 is 23.7 Å². The van der Waals surface area contributed by atoms with Gasteiger partial charge in [0.25, 0.3) is 0 Å². The molecule has 0 amide bonds. The van der Waals surface area contributed by atoms with Gasteiger partial charge in [-0.2, -0.15) is 0 Å². The van der Waals surface area contributed by atoms with E-state index in [1.165, 1.54) is 13.8 Å². The Bertz CT molecular complexity index is 1230. The number of esters is 3. The van der Waals surface area contributed by atoms with Gasteiger partial charge in [-0.25, -0.2) is 4.79 Å². The molecule has 2 aliphatic heterocycles. The fraction of sp³-hybridized carbons (Fsp3) is 0.697. The summed E-state index contributed by atoms with van der Waals surface area (Å²) >= 11 is 0. The summed E-state index contributed by atoms with van der Waals surface area (Å²) in [7, 11) is 0. The van der Waals surface area contributed by atoms with Crippen LogP contribution in [-0.2, 0) is 38.1 Å². The highest BCUT2D eigenvalue weighted by atomic mass is 16.7. The number of cyclic esters (lactones) is 1. The predicted octanol–water partition coefficient (Wildman–Crippen LogP) is 5.79. The molecule has 2 heterocycles. The molecule has 3 saturated carbocycles. The second kappa shape index (κ2) is 10.2. The maximum Gasteiger partial charge on any atom is 0.333 e. The second-order valence-corrected chi connectivity index (χ2v) is 13.3. The van der Waals surface area contributed by atoms with Gasteiger partial charge in [0.1, 0.15) is 18.3 Å². The SMILES string of the molecule is C=C.CC(=O)O[C@@H]1[C@H]2C3CCC(C[C@H]4CC(C)=C(C)C(=O)O4)[C@@]3(C)CCC2[C@@]2(C)C(=O)C=C[C@H](OC(C)=O)[C@]23O[C@H]13.[HH].[HH].[HH]. The third kappa shape index (κ3) is 4.18. The van der Waals surface area contributed by atoms with Gasteiger partial charge in [-0.15, -0.1) is 13.2 Å². The molecule has 8 heteroatoms. The first kappa shape index (κ1) is 29.7. The molecule has 6 rings (SSSR count). The molecule has 230 valence electrons. The molecule has 0 aromatic heterocycles. The molecule has 0 bridgehead atoms. The number of hydrogen-bond donors (Lipinski definition) is 0. The molecule has 41 heavy (non-hydrogen) atoms. The third-order valence-corrected chi connectivity index (χ3v) is 11.7. The van der Waals surface area contributed by atoms with Crippen LogP contribution in [0.25, 0.3) is 0 Å². The summed E-state index contributed by atoms with van der Waals surface area (Å²) in [5.74, 6) is -0.556. The summed E-state index contributed by atoms with van der Waals surface area (Å²) in [5, 5.41) is 0. The van der Waals surface area contributed by atoms with Gasteiger partial charge in [-0.05, 0) is 88.2 Å². The lowest BCUT2D eigenvalue weighted by Crippen LogP contribution is -2.68. The van der Waals surface area contributed by atoms with Crippen LogP contribution in [0.4, 0.5) is 0 Å². The monoisotopic (exact) mass is 574 g/mol. The minimum atomic E-state index is -1.02. The Hall–Kier alpha value is -2.74. The Morgan fingerprint density at radius 1 is 1.05 bits per heavy atom. The Kier molecular flexibility index (Phi) is 7.41. The van der Waals surface area contributed by atoms with Crippen LogP contribution in [0.3, 0.4) is 0 Å². The summed E-state index contributed by atoms with van der Waals surface area (Å²) in [6.07, 6.45) is 6.61. The fourth-order valence-electron chi connectivity index (χ4n) is 9.65. The minimum absolute atomic E-state index is 0. The number of carbonyl (C=O) groups is 4. The van der Waals surface area contributed by atoms with E-state index >= 15 is 0 Å². The van der Waals surface area contributed by atoms with Crippen LogP contribution in [0.5, 0.6) is 0 Å². The van der Waals surface area contributed by atoms with E-state index in [2.05, 4.69) is 20.1 Å². The predicted molar refractivity (Wildman–Crippen MR) is 157 cm³/mol. The zero-order valence-corrected chi connectivity index (χ0v) is 25.2. The van der Waals surface area contributed by atoms with Crippen molar-refractivity contribution in [2.45, 2.75) is 110 Å². The number of ether oxygens (including phenoxy) is 4. The molecule has 0 aromatic carbocycles. The van der Waals surface area contributed by atoms with E-state index in [1.54, 1.807) is 12.2 Å². The summed E-state index contributed by atoms with van der Waals surface area (Å²) in [4.78, 5) is 50.5. The third-order valence-electron chi connectivity index (χ3n) is 11.7. The van der Waals surface area contributed by atoms with Crippen LogP contribution in [0, 0.1) is 34.5 Å². The molecule has 0 radical (unpaired) electrons. The van der Waals surface area contributed by atoms with E-state index < -0.39 is 35.3 Å². The van der Waals surface area contributed by atoms with E-state index in [0.29, 0.717) is 11.5 Å². The number of epoxide rings is 1. The number of carbonyl (C=O) groups excluding carboxylic acids is 4. The smallest absolute Gasteiger partial charge is 0.333 e. The van der Waals surface area contributed by atoms with Gasteiger partial charge >= 0.3 is 17.9 Å². The van der Waals surface area contributed by atoms with Gasteiger partial charge in [0.15, 0.2) is 17.5 Å². The standard InChI is InChI=1S/C31H40O8.C2H4.3H2/c1-15-13-20(38-28(35)16(15)2)14-19-7-8-21-25-22(11-12-29(19,21)5)30(6)23(34)9-10-24(36-17(3)32)31(30)27(39-31)26(25)37-18(4)33;1-2;;;/h9-10,19-22,24-27H,7-8,11-14H2,1-6H3;1-2H2;3*1H/t19?,20-,21?,22?,24+,25+,26-,27-,29-,30+,31-;;;;/m1..../s1. The number of hydrogen-bond acceptors (Lipinski definition) is 8. The lowest BCUT2D eigenvalue weighted by Gasteiger charge is -2.59. The van der Waals surface area contributed by atoms with Crippen LogP contribution < -0.4 is 0 Å². The highest BCUT2D eigenvalue weighted by Crippen LogP contribution is 2.73. The van der Waals surface area contributed by atoms with E-state index in [-0.39, 0.29) is 51.3 Å². The molecular formula is C33H50O8. The van der Waals surface area contributed by atoms with E-state index in [0.717, 1.165) is 44.1 Å². The molecule has 8 nitrogen and oxygen atoms in total. The van der Waals surface area contributed by atoms with Crippen molar-refractivity contribution in [3.05, 3.63) is 36.5 Å². The average molecular weight is 575 g/mol. The lowest BCUT2D eigenvalue weighted by atomic mass is 9.44. The van der Waals surface area contributed by atoms with Gasteiger partial charge in [0.05, 0.1) is 5.41 Å². The van der Waals surface area contributed by atoms with Crippen LogP contribution >= 0.6 is 0 Å². The fourth-order valence-corrected chi connectivity index (χ4v) is 9.65. The Balaban J connectivity index is 0.00000132. The molecule has 4 aliphatic carbocycles. The molecule has 0 aromatic rings. The Labute approximate surface area is 247 Å². The summed E-state index contributed by atoms with van der Waals surface area (Å²) in [6.45, 7) is 16.9. The molecule has 11 atom stereocenters. The molecular weight excluding hydrogens is 524 g/mol. The topological polar surface area (TPSA) is 109 Å². The van der Waals surface area contributed by atoms with Gasteiger partial charge in [0.2, 0.25) is 0 Å². The molecule has 6 aliphatic rings. The lowest BCUT2D eigenvalue weighted by molar-refractivity contribution is -0.183. The highest BCUT2D eigenvalue weighted by molar-refractivity contribution is 5.98. The molecule has 1 saturated heterocycles. The maximum atomic E-state index is 13.7. The van der Waals surface area contributed by atoms with Gasteiger partial charge in [0, 0.05) is 36.0 Å². The largest absolute Gasteiger partial charge is 0.459 e. The van der Waals surface area contributed by atoms with Crippen LogP contribution in [0.15, 0.2) is 36.5 Å². The Morgan fingerprint density at radius 3 is 2.37 bits per heavy atom. The summed E-state index contributed by atoms with van der Waals surface area (Å²) < 4.78 is 24.0. The van der Waals surface area contributed by atoms with E-state index in [1.807, 2.05) is 20.8 Å². The molecule has 0 N–H and O–H groups in total. The zero-order chi connectivity index (χ0) is 30.1. The zero-order valence-electron chi connectivity index (χ0n) is 25.2. The van der Waals surface area contributed by atoms with Crippen LogP contribution in [-0.4, -0.2) is 53.7 Å². The first-order chi connectivity index (χ1) is 19.3. The Morgan fingerprint density at radius 2 is 1.73 bits per heavy atom. The first-order valence-corrected chi connectivity index (χ1v) is 15.0. The van der Waals surface area contributed by atoms with Crippen molar-refractivity contribution in [1.29, 1.82) is 0 Å². The maximum absolute atomic E-state index is 13.7. The van der Waals surface area contributed by atoms with Crippen molar-refractivity contribution < 1.29 is 42.4 Å².